The number of hydrogen-bond acceptors (Lipinski definition) is 9. The number of hydrogen-bond donors (Lipinski definition) is 3. The zero-order valence-electron chi connectivity index (χ0n) is 19.8. The number of primary amides is 1. The van der Waals surface area contributed by atoms with E-state index in [4.69, 9.17) is 5.73 Å². The minimum absolute atomic E-state index is 0.0208. The van der Waals surface area contributed by atoms with E-state index < -0.39 is 44.9 Å². The standard InChI is InChI=1S/C21H25F3N8O3S/c1-12-26-9-14(18(29-12)32(3)36(4,34)35)10-27-17-15(21(22,23)24)11-28-19(30-17)31-20(2)7-5-13(6-8-20)16(25)33/h5-9,11,13H,10H2,1-4H3,(H2,25,33)(H2,27,28,30,31). The summed E-state index contributed by atoms with van der Waals surface area (Å²) >= 11 is 0. The molecule has 3 rings (SSSR count). The van der Waals surface area contributed by atoms with Gasteiger partial charge >= 0.3 is 6.18 Å². The molecule has 15 heteroatoms. The lowest BCUT2D eigenvalue weighted by Gasteiger charge is -2.28. The van der Waals surface area contributed by atoms with Crippen molar-refractivity contribution in [1.82, 2.24) is 19.9 Å². The van der Waals surface area contributed by atoms with Gasteiger partial charge in [0.05, 0.1) is 17.7 Å². The molecule has 0 saturated carbocycles. The van der Waals surface area contributed by atoms with Crippen LogP contribution in [0.3, 0.4) is 0 Å². The van der Waals surface area contributed by atoms with E-state index >= 15 is 0 Å². The van der Waals surface area contributed by atoms with Gasteiger partial charge in [-0.05, 0) is 13.8 Å². The van der Waals surface area contributed by atoms with E-state index in [0.717, 1.165) is 10.6 Å². The van der Waals surface area contributed by atoms with Gasteiger partial charge in [0.1, 0.15) is 17.2 Å². The van der Waals surface area contributed by atoms with Gasteiger partial charge < -0.3 is 16.4 Å². The van der Waals surface area contributed by atoms with Crippen LogP contribution in [0.2, 0.25) is 0 Å². The van der Waals surface area contributed by atoms with E-state index in [0.29, 0.717) is 6.20 Å². The van der Waals surface area contributed by atoms with Crippen LogP contribution in [0.15, 0.2) is 36.7 Å². The molecule has 4 N–H and O–H groups in total. The molecular weight excluding hydrogens is 501 g/mol. The number of alkyl halides is 3. The third-order valence-electron chi connectivity index (χ3n) is 5.31. The van der Waals surface area contributed by atoms with Crippen LogP contribution in [0.5, 0.6) is 0 Å². The van der Waals surface area contributed by atoms with Crippen molar-refractivity contribution < 1.29 is 26.4 Å². The predicted octanol–water partition coefficient (Wildman–Crippen LogP) is 2.00. The van der Waals surface area contributed by atoms with Crippen molar-refractivity contribution in [2.24, 2.45) is 11.7 Å². The number of aromatic nitrogens is 4. The van der Waals surface area contributed by atoms with E-state index in [1.165, 1.54) is 13.2 Å². The summed E-state index contributed by atoms with van der Waals surface area (Å²) in [5.41, 5.74) is 3.51. The number of sulfonamides is 1. The van der Waals surface area contributed by atoms with Gasteiger partial charge in [0.2, 0.25) is 21.9 Å². The number of nitrogens with two attached hydrogens (primary N) is 1. The van der Waals surface area contributed by atoms with Crippen LogP contribution in [-0.2, 0) is 27.5 Å². The summed E-state index contributed by atoms with van der Waals surface area (Å²) in [6, 6.07) is 0. The lowest BCUT2D eigenvalue weighted by atomic mass is 9.91. The molecule has 1 aliphatic carbocycles. The van der Waals surface area contributed by atoms with E-state index in [1.54, 1.807) is 38.2 Å². The smallest absolute Gasteiger partial charge is 0.369 e. The van der Waals surface area contributed by atoms with E-state index in [-0.39, 0.29) is 29.7 Å². The molecule has 0 aliphatic heterocycles. The molecule has 2 aromatic rings. The zero-order chi connectivity index (χ0) is 26.9. The first kappa shape index (κ1) is 26.8. The lowest BCUT2D eigenvalue weighted by Crippen LogP contribution is -2.34. The maximum absolute atomic E-state index is 13.7. The fourth-order valence-corrected chi connectivity index (χ4v) is 3.71. The molecule has 0 fully saturated rings. The normalized spacial score (nSPS) is 19.7. The quantitative estimate of drug-likeness (QED) is 0.438. The molecule has 0 bridgehead atoms. The Morgan fingerprint density at radius 3 is 2.39 bits per heavy atom. The average molecular weight is 527 g/mol. The molecule has 0 aromatic carbocycles. The molecule has 0 unspecified atom stereocenters. The van der Waals surface area contributed by atoms with Crippen LogP contribution < -0.4 is 20.7 Å². The SMILES string of the molecule is Cc1ncc(CNc2nc(NC3(C)C=CC(C(N)=O)C=C3)ncc2C(F)(F)F)c(N(C)S(C)(=O)=O)n1. The predicted molar refractivity (Wildman–Crippen MR) is 127 cm³/mol. The molecule has 0 spiro atoms. The Labute approximate surface area is 205 Å². The molecule has 2 heterocycles. The molecular formula is C21H25F3N8O3S. The van der Waals surface area contributed by atoms with Crippen molar-refractivity contribution in [3.8, 4) is 0 Å². The van der Waals surface area contributed by atoms with Crippen molar-refractivity contribution >= 4 is 33.5 Å². The van der Waals surface area contributed by atoms with Crippen molar-refractivity contribution in [2.45, 2.75) is 32.1 Å². The van der Waals surface area contributed by atoms with Gasteiger partial charge in [-0.3, -0.25) is 9.10 Å². The highest BCUT2D eigenvalue weighted by Crippen LogP contribution is 2.35. The van der Waals surface area contributed by atoms with Crippen LogP contribution in [0.25, 0.3) is 0 Å². The first-order chi connectivity index (χ1) is 16.6. The Balaban J connectivity index is 1.91. The second-order valence-corrected chi connectivity index (χ2v) is 10.4. The first-order valence-corrected chi connectivity index (χ1v) is 12.3. The third-order valence-corrected chi connectivity index (χ3v) is 6.48. The second-order valence-electron chi connectivity index (χ2n) is 8.36. The number of amides is 1. The van der Waals surface area contributed by atoms with Gasteiger partial charge in [-0.25, -0.2) is 23.4 Å². The summed E-state index contributed by atoms with van der Waals surface area (Å²) < 4.78 is 65.9. The van der Waals surface area contributed by atoms with Crippen molar-refractivity contribution in [3.63, 3.8) is 0 Å². The highest BCUT2D eigenvalue weighted by atomic mass is 32.2. The minimum Gasteiger partial charge on any atom is -0.369 e. The number of carbonyl (C=O) groups is 1. The maximum Gasteiger partial charge on any atom is 0.421 e. The molecule has 36 heavy (non-hydrogen) atoms. The Bertz CT molecular complexity index is 1310. The molecule has 1 amide bonds. The first-order valence-electron chi connectivity index (χ1n) is 10.5. The fourth-order valence-electron chi connectivity index (χ4n) is 3.24. The van der Waals surface area contributed by atoms with Gasteiger partial charge in [0.25, 0.3) is 0 Å². The number of aryl methyl sites for hydroxylation is 1. The van der Waals surface area contributed by atoms with E-state index in [9.17, 15) is 26.4 Å². The Morgan fingerprint density at radius 2 is 1.83 bits per heavy atom. The van der Waals surface area contributed by atoms with Crippen LogP contribution in [0.4, 0.5) is 30.8 Å². The van der Waals surface area contributed by atoms with Gasteiger partial charge in [-0.15, -0.1) is 0 Å². The molecule has 1 aliphatic rings. The zero-order valence-corrected chi connectivity index (χ0v) is 20.6. The molecule has 2 aromatic heterocycles. The largest absolute Gasteiger partial charge is 0.421 e. The van der Waals surface area contributed by atoms with Crippen molar-refractivity contribution in [3.05, 3.63) is 53.6 Å². The Morgan fingerprint density at radius 1 is 1.19 bits per heavy atom. The van der Waals surface area contributed by atoms with Gasteiger partial charge in [0, 0.05) is 31.5 Å². The molecule has 194 valence electrons. The average Bonchev–Trinajstić information content (AvgIpc) is 2.76. The summed E-state index contributed by atoms with van der Waals surface area (Å²) in [5, 5.41) is 5.53. The number of nitrogens with one attached hydrogen (secondary N) is 2. The van der Waals surface area contributed by atoms with Gasteiger partial charge in [-0.2, -0.15) is 18.2 Å². The molecule has 0 atom stereocenters. The summed E-state index contributed by atoms with van der Waals surface area (Å²) in [7, 11) is -2.41. The Hall–Kier alpha value is -3.75. The fraction of sp³-hybridized carbons (Fsp3) is 0.381. The third kappa shape index (κ3) is 6.27. The van der Waals surface area contributed by atoms with E-state index in [2.05, 4.69) is 30.6 Å². The lowest BCUT2D eigenvalue weighted by molar-refractivity contribution is -0.137. The number of carbonyl (C=O) groups excluding carboxylic acids is 1. The summed E-state index contributed by atoms with van der Waals surface area (Å²) in [5.74, 6) is -1.48. The summed E-state index contributed by atoms with van der Waals surface area (Å²) in [4.78, 5) is 27.3. The van der Waals surface area contributed by atoms with Crippen molar-refractivity contribution in [1.29, 1.82) is 0 Å². The highest BCUT2D eigenvalue weighted by Gasteiger charge is 2.36. The van der Waals surface area contributed by atoms with E-state index in [1.807, 2.05) is 0 Å². The van der Waals surface area contributed by atoms with Crippen LogP contribution >= 0.6 is 0 Å². The molecule has 0 radical (unpaired) electrons. The summed E-state index contributed by atoms with van der Waals surface area (Å²) in [6.07, 6.45) is 4.57. The van der Waals surface area contributed by atoms with Gasteiger partial charge in [-0.1, -0.05) is 24.3 Å². The second kappa shape index (κ2) is 9.72. The topological polar surface area (TPSA) is 156 Å². The van der Waals surface area contributed by atoms with Crippen molar-refractivity contribution in [2.75, 3.05) is 28.2 Å². The minimum atomic E-state index is -4.76. The molecule has 0 saturated heterocycles. The van der Waals surface area contributed by atoms with Crippen LogP contribution in [0.1, 0.15) is 23.9 Å². The number of rotatable bonds is 8. The Kier molecular flexibility index (Phi) is 7.25. The number of halogens is 3. The highest BCUT2D eigenvalue weighted by molar-refractivity contribution is 7.92. The molecule has 11 nitrogen and oxygen atoms in total. The number of anilines is 3. The monoisotopic (exact) mass is 526 g/mol. The maximum atomic E-state index is 13.7. The van der Waals surface area contributed by atoms with Crippen LogP contribution in [-0.4, -0.2) is 53.1 Å². The number of nitrogens with zero attached hydrogens (tertiary/aromatic N) is 5. The van der Waals surface area contributed by atoms with Gasteiger partial charge in [0.15, 0.2) is 5.82 Å². The summed E-state index contributed by atoms with van der Waals surface area (Å²) in [6.45, 7) is 3.01. The van der Waals surface area contributed by atoms with Crippen LogP contribution in [0, 0.1) is 12.8 Å².